The first-order valence-corrected chi connectivity index (χ1v) is 5.39. The van der Waals surface area contributed by atoms with Gasteiger partial charge in [0.15, 0.2) is 0 Å². The number of rotatable bonds is 1. The lowest BCUT2D eigenvalue weighted by atomic mass is 10.0. The van der Waals surface area contributed by atoms with E-state index in [1.54, 1.807) is 12.1 Å². The number of nitrogens with zero attached hydrogens (tertiary/aromatic N) is 1. The summed E-state index contributed by atoms with van der Waals surface area (Å²) in [5, 5.41) is 2.51. The molecule has 1 aliphatic carbocycles. The second kappa shape index (κ2) is 3.63. The third-order valence-electron chi connectivity index (χ3n) is 3.16. The minimum atomic E-state index is -0.686. The summed E-state index contributed by atoms with van der Waals surface area (Å²) in [6.07, 6.45) is 0.697. The van der Waals surface area contributed by atoms with Crippen LogP contribution in [0.25, 0.3) is 11.1 Å². The summed E-state index contributed by atoms with van der Waals surface area (Å²) in [7, 11) is 0. The summed E-state index contributed by atoms with van der Waals surface area (Å²) in [4.78, 5) is 21.8. The SMILES string of the molecule is O=NC(=O)c1cccc2c1Cc1ccccc1-2. The van der Waals surface area contributed by atoms with Crippen molar-refractivity contribution in [2.24, 2.45) is 5.18 Å². The van der Waals surface area contributed by atoms with Gasteiger partial charge in [0.1, 0.15) is 0 Å². The van der Waals surface area contributed by atoms with Gasteiger partial charge in [-0.25, -0.2) is 0 Å². The standard InChI is InChI=1S/C14H9NO2/c16-14(15-17)12-7-3-6-11-10-5-2-1-4-9(10)8-13(11)12/h1-7H,8H2. The van der Waals surface area contributed by atoms with E-state index in [2.05, 4.69) is 5.18 Å². The van der Waals surface area contributed by atoms with Gasteiger partial charge in [0, 0.05) is 10.7 Å². The van der Waals surface area contributed by atoms with Crippen LogP contribution < -0.4 is 0 Å². The van der Waals surface area contributed by atoms with Crippen LogP contribution in [-0.2, 0) is 6.42 Å². The minimum absolute atomic E-state index is 0.425. The molecule has 0 unspecified atom stereocenters. The highest BCUT2D eigenvalue weighted by Gasteiger charge is 2.23. The number of hydrogen-bond donors (Lipinski definition) is 0. The third-order valence-corrected chi connectivity index (χ3v) is 3.16. The Morgan fingerprint density at radius 2 is 1.76 bits per heavy atom. The molecule has 0 spiro atoms. The summed E-state index contributed by atoms with van der Waals surface area (Å²) < 4.78 is 0. The van der Waals surface area contributed by atoms with Crippen molar-refractivity contribution in [2.75, 3.05) is 0 Å². The lowest BCUT2D eigenvalue weighted by Crippen LogP contribution is -1.99. The van der Waals surface area contributed by atoms with E-state index in [9.17, 15) is 9.70 Å². The molecule has 1 aliphatic rings. The smallest absolute Gasteiger partial charge is 0.263 e. The molecule has 3 nitrogen and oxygen atoms in total. The van der Waals surface area contributed by atoms with Crippen molar-refractivity contribution in [2.45, 2.75) is 6.42 Å². The largest absolute Gasteiger partial charge is 0.317 e. The molecule has 2 aromatic carbocycles. The summed E-state index contributed by atoms with van der Waals surface area (Å²) in [5.41, 5.74) is 4.71. The van der Waals surface area contributed by atoms with Gasteiger partial charge in [-0.15, -0.1) is 4.91 Å². The van der Waals surface area contributed by atoms with Crippen molar-refractivity contribution in [3.05, 3.63) is 64.1 Å². The quantitative estimate of drug-likeness (QED) is 0.595. The van der Waals surface area contributed by atoms with Crippen LogP contribution in [0.2, 0.25) is 0 Å². The predicted octanol–water partition coefficient (Wildman–Crippen LogP) is 3.16. The van der Waals surface area contributed by atoms with Crippen LogP contribution in [-0.4, -0.2) is 5.91 Å². The molecule has 0 N–H and O–H groups in total. The first-order valence-electron chi connectivity index (χ1n) is 5.39. The van der Waals surface area contributed by atoms with E-state index in [-0.39, 0.29) is 0 Å². The van der Waals surface area contributed by atoms with Crippen molar-refractivity contribution >= 4 is 5.91 Å². The Morgan fingerprint density at radius 1 is 1.00 bits per heavy atom. The van der Waals surface area contributed by atoms with Crippen molar-refractivity contribution in [3.8, 4) is 11.1 Å². The van der Waals surface area contributed by atoms with Crippen molar-refractivity contribution < 1.29 is 4.79 Å². The molecular formula is C14H9NO2. The highest BCUT2D eigenvalue weighted by Crippen LogP contribution is 2.38. The molecule has 0 atom stereocenters. The molecule has 0 aromatic heterocycles. The lowest BCUT2D eigenvalue weighted by Gasteiger charge is -2.03. The fourth-order valence-electron chi connectivity index (χ4n) is 2.41. The zero-order valence-electron chi connectivity index (χ0n) is 9.01. The highest BCUT2D eigenvalue weighted by atomic mass is 16.3. The highest BCUT2D eigenvalue weighted by molar-refractivity contribution is 5.99. The number of fused-ring (bicyclic) bond motifs is 3. The van der Waals surface area contributed by atoms with Gasteiger partial charge in [0.05, 0.1) is 0 Å². The van der Waals surface area contributed by atoms with E-state index in [4.69, 9.17) is 0 Å². The van der Waals surface area contributed by atoms with E-state index >= 15 is 0 Å². The van der Waals surface area contributed by atoms with Gasteiger partial charge in [0.2, 0.25) is 0 Å². The zero-order valence-corrected chi connectivity index (χ0v) is 9.01. The van der Waals surface area contributed by atoms with Gasteiger partial charge in [-0.05, 0) is 34.7 Å². The molecule has 0 fully saturated rings. The molecule has 17 heavy (non-hydrogen) atoms. The molecule has 0 aliphatic heterocycles. The Morgan fingerprint density at radius 3 is 2.59 bits per heavy atom. The summed E-state index contributed by atoms with van der Waals surface area (Å²) in [6, 6.07) is 13.4. The molecule has 3 heteroatoms. The van der Waals surface area contributed by atoms with Crippen LogP contribution in [0.4, 0.5) is 0 Å². The summed E-state index contributed by atoms with van der Waals surface area (Å²) in [5.74, 6) is -0.686. The molecule has 0 radical (unpaired) electrons. The fourth-order valence-corrected chi connectivity index (χ4v) is 2.41. The Kier molecular flexibility index (Phi) is 2.11. The van der Waals surface area contributed by atoms with Gasteiger partial charge in [-0.2, -0.15) is 0 Å². The second-order valence-corrected chi connectivity index (χ2v) is 4.06. The number of amides is 1. The van der Waals surface area contributed by atoms with Crippen LogP contribution in [0.5, 0.6) is 0 Å². The topological polar surface area (TPSA) is 46.5 Å². The van der Waals surface area contributed by atoms with Crippen LogP contribution in [0, 0.1) is 4.91 Å². The number of carbonyl (C=O) groups excluding carboxylic acids is 1. The molecule has 2 aromatic rings. The second-order valence-electron chi connectivity index (χ2n) is 4.06. The van der Waals surface area contributed by atoms with Crippen LogP contribution in [0.3, 0.4) is 0 Å². The number of hydrogen-bond acceptors (Lipinski definition) is 2. The number of carbonyl (C=O) groups is 1. The summed E-state index contributed by atoms with van der Waals surface area (Å²) in [6.45, 7) is 0. The molecule has 0 saturated carbocycles. The van der Waals surface area contributed by atoms with Crippen molar-refractivity contribution in [1.82, 2.24) is 0 Å². The predicted molar refractivity (Wildman–Crippen MR) is 64.8 cm³/mol. The number of benzene rings is 2. The van der Waals surface area contributed by atoms with Gasteiger partial charge < -0.3 is 0 Å². The van der Waals surface area contributed by atoms with E-state index in [0.29, 0.717) is 12.0 Å². The maximum Gasteiger partial charge on any atom is 0.317 e. The molecule has 3 rings (SSSR count). The zero-order chi connectivity index (χ0) is 11.8. The van der Waals surface area contributed by atoms with Crippen molar-refractivity contribution in [1.29, 1.82) is 0 Å². The molecule has 0 heterocycles. The van der Waals surface area contributed by atoms with Gasteiger partial charge in [-0.3, -0.25) is 4.79 Å². The van der Waals surface area contributed by atoms with Crippen LogP contribution in [0.1, 0.15) is 21.5 Å². The van der Waals surface area contributed by atoms with Gasteiger partial charge >= 0.3 is 5.91 Å². The fraction of sp³-hybridized carbons (Fsp3) is 0.0714. The first kappa shape index (κ1) is 9.90. The molecule has 0 bridgehead atoms. The average molecular weight is 223 g/mol. The normalized spacial score (nSPS) is 11.8. The molecular weight excluding hydrogens is 214 g/mol. The maximum atomic E-state index is 11.4. The Bertz CT molecular complexity index is 632. The van der Waals surface area contributed by atoms with E-state index < -0.39 is 5.91 Å². The summed E-state index contributed by atoms with van der Waals surface area (Å²) >= 11 is 0. The average Bonchev–Trinajstić information content (AvgIpc) is 2.76. The third kappa shape index (κ3) is 1.40. The van der Waals surface area contributed by atoms with E-state index in [0.717, 1.165) is 16.7 Å². The minimum Gasteiger partial charge on any atom is -0.263 e. The van der Waals surface area contributed by atoms with E-state index in [1.807, 2.05) is 30.3 Å². The number of nitroso groups, excluding NO2 is 1. The first-order chi connectivity index (χ1) is 8.31. The van der Waals surface area contributed by atoms with Crippen LogP contribution >= 0.6 is 0 Å². The molecule has 82 valence electrons. The Balaban J connectivity index is 2.24. The van der Waals surface area contributed by atoms with E-state index in [1.165, 1.54) is 5.56 Å². The van der Waals surface area contributed by atoms with Crippen molar-refractivity contribution in [3.63, 3.8) is 0 Å². The monoisotopic (exact) mass is 223 g/mol. The molecule has 0 saturated heterocycles. The van der Waals surface area contributed by atoms with Crippen LogP contribution in [0.15, 0.2) is 47.6 Å². The van der Waals surface area contributed by atoms with Gasteiger partial charge in [0.25, 0.3) is 0 Å². The Hall–Kier alpha value is -2.29. The van der Waals surface area contributed by atoms with Gasteiger partial charge in [-0.1, -0.05) is 36.4 Å². The molecule has 1 amide bonds. The lowest BCUT2D eigenvalue weighted by molar-refractivity contribution is 0.1000. The Labute approximate surface area is 98.1 Å². The maximum absolute atomic E-state index is 11.4.